The summed E-state index contributed by atoms with van der Waals surface area (Å²) in [6, 6.07) is 14.0. The van der Waals surface area contributed by atoms with Crippen LogP contribution in [-0.4, -0.2) is 11.0 Å². The fourth-order valence-corrected chi connectivity index (χ4v) is 2.48. The van der Waals surface area contributed by atoms with Crippen LogP contribution in [0.4, 0.5) is 21.9 Å². The minimum atomic E-state index is -0.342. The number of rotatable bonds is 2. The van der Waals surface area contributed by atoms with Gasteiger partial charge in [-0.05, 0) is 42.0 Å². The fourth-order valence-electron chi connectivity index (χ4n) is 2.21. The standard InChI is InChI=1S/C16H12N4OS/c17-9-10-1-4-12(5-2-10)18-16(21)19-13-6-3-11-7-15(22)20-14(11)8-13/h1-6,8H,7H2,(H,20,22)(H2,18,19,21). The maximum atomic E-state index is 12.0. The molecule has 0 unspecified atom stereocenters. The van der Waals surface area contributed by atoms with E-state index in [1.165, 1.54) is 0 Å². The Balaban J connectivity index is 1.66. The monoisotopic (exact) mass is 308 g/mol. The zero-order valence-electron chi connectivity index (χ0n) is 11.5. The van der Waals surface area contributed by atoms with E-state index < -0.39 is 0 Å². The highest BCUT2D eigenvalue weighted by molar-refractivity contribution is 7.80. The number of benzene rings is 2. The van der Waals surface area contributed by atoms with E-state index in [4.69, 9.17) is 17.5 Å². The van der Waals surface area contributed by atoms with Gasteiger partial charge in [-0.2, -0.15) is 5.26 Å². The third kappa shape index (κ3) is 3.05. The van der Waals surface area contributed by atoms with E-state index in [0.29, 0.717) is 16.9 Å². The Bertz CT molecular complexity index is 793. The molecule has 0 atom stereocenters. The number of nitrogens with one attached hydrogen (secondary N) is 3. The Morgan fingerprint density at radius 2 is 1.82 bits per heavy atom. The minimum Gasteiger partial charge on any atom is -0.349 e. The minimum absolute atomic E-state index is 0.342. The summed E-state index contributed by atoms with van der Waals surface area (Å²) in [5.74, 6) is 0. The lowest BCUT2D eigenvalue weighted by Gasteiger charge is -2.09. The number of carbonyl (C=O) groups excluding carboxylic acids is 1. The number of hydrogen-bond acceptors (Lipinski definition) is 3. The van der Waals surface area contributed by atoms with Gasteiger partial charge in [0.2, 0.25) is 0 Å². The molecule has 3 rings (SSSR count). The van der Waals surface area contributed by atoms with Crippen LogP contribution in [-0.2, 0) is 6.42 Å². The van der Waals surface area contributed by atoms with Crippen molar-refractivity contribution in [2.75, 3.05) is 16.0 Å². The molecule has 1 aliphatic heterocycles. The van der Waals surface area contributed by atoms with Crippen molar-refractivity contribution < 1.29 is 4.79 Å². The zero-order valence-corrected chi connectivity index (χ0v) is 12.3. The summed E-state index contributed by atoms with van der Waals surface area (Å²) in [5, 5.41) is 17.3. The molecule has 0 spiro atoms. The second-order valence-electron chi connectivity index (χ2n) is 4.87. The van der Waals surface area contributed by atoms with Crippen LogP contribution < -0.4 is 16.0 Å². The highest BCUT2D eigenvalue weighted by Gasteiger charge is 2.15. The lowest BCUT2D eigenvalue weighted by Crippen LogP contribution is -2.19. The van der Waals surface area contributed by atoms with Crippen LogP contribution in [0.15, 0.2) is 42.5 Å². The van der Waals surface area contributed by atoms with Crippen molar-refractivity contribution in [3.05, 3.63) is 53.6 Å². The molecule has 5 nitrogen and oxygen atoms in total. The van der Waals surface area contributed by atoms with Crippen molar-refractivity contribution >= 4 is 40.3 Å². The van der Waals surface area contributed by atoms with E-state index in [2.05, 4.69) is 16.0 Å². The molecule has 1 heterocycles. The summed E-state index contributed by atoms with van der Waals surface area (Å²) in [5.41, 5.74) is 3.91. The third-order valence-corrected chi connectivity index (χ3v) is 3.51. The molecule has 22 heavy (non-hydrogen) atoms. The van der Waals surface area contributed by atoms with Crippen molar-refractivity contribution in [1.82, 2.24) is 0 Å². The van der Waals surface area contributed by atoms with Crippen LogP contribution in [0, 0.1) is 11.3 Å². The van der Waals surface area contributed by atoms with Crippen LogP contribution in [0.2, 0.25) is 0 Å². The van der Waals surface area contributed by atoms with Crippen LogP contribution >= 0.6 is 12.2 Å². The molecule has 1 aliphatic rings. The molecule has 0 saturated heterocycles. The second kappa shape index (κ2) is 5.84. The maximum Gasteiger partial charge on any atom is 0.323 e. The average molecular weight is 308 g/mol. The first-order chi connectivity index (χ1) is 10.6. The Morgan fingerprint density at radius 3 is 2.55 bits per heavy atom. The molecular weight excluding hydrogens is 296 g/mol. The number of fused-ring (bicyclic) bond motifs is 1. The summed E-state index contributed by atoms with van der Waals surface area (Å²) < 4.78 is 0. The van der Waals surface area contributed by atoms with Gasteiger partial charge in [-0.25, -0.2) is 4.79 Å². The smallest absolute Gasteiger partial charge is 0.323 e. The van der Waals surface area contributed by atoms with Crippen LogP contribution in [0.3, 0.4) is 0 Å². The largest absolute Gasteiger partial charge is 0.349 e. The summed E-state index contributed by atoms with van der Waals surface area (Å²) in [6.45, 7) is 0. The first-order valence-electron chi connectivity index (χ1n) is 6.65. The molecule has 2 amide bonds. The summed E-state index contributed by atoms with van der Waals surface area (Å²) in [4.78, 5) is 12.8. The quantitative estimate of drug-likeness (QED) is 0.742. The number of carbonyl (C=O) groups is 1. The molecule has 0 radical (unpaired) electrons. The Kier molecular flexibility index (Phi) is 3.73. The lowest BCUT2D eigenvalue weighted by molar-refractivity contribution is 0.262. The molecule has 2 aromatic rings. The van der Waals surface area contributed by atoms with E-state index in [-0.39, 0.29) is 6.03 Å². The number of thiocarbonyl (C=S) groups is 1. The van der Waals surface area contributed by atoms with Gasteiger partial charge in [0.05, 0.1) is 16.6 Å². The van der Waals surface area contributed by atoms with Gasteiger partial charge in [0.15, 0.2) is 0 Å². The van der Waals surface area contributed by atoms with Crippen molar-refractivity contribution in [3.63, 3.8) is 0 Å². The Hall–Kier alpha value is -2.91. The topological polar surface area (TPSA) is 77.0 Å². The molecule has 0 aliphatic carbocycles. The highest BCUT2D eigenvalue weighted by atomic mass is 32.1. The van der Waals surface area contributed by atoms with Crippen molar-refractivity contribution in [2.45, 2.75) is 6.42 Å². The van der Waals surface area contributed by atoms with Crippen LogP contribution in [0.5, 0.6) is 0 Å². The fraction of sp³-hybridized carbons (Fsp3) is 0.0625. The van der Waals surface area contributed by atoms with Gasteiger partial charge in [-0.1, -0.05) is 18.3 Å². The first kappa shape index (κ1) is 14.0. The predicted octanol–water partition coefficient (Wildman–Crippen LogP) is 3.50. The molecule has 0 fully saturated rings. The molecule has 6 heteroatoms. The predicted molar refractivity (Wildman–Crippen MR) is 90.2 cm³/mol. The van der Waals surface area contributed by atoms with Crippen LogP contribution in [0.25, 0.3) is 0 Å². The van der Waals surface area contributed by atoms with E-state index in [0.717, 1.165) is 22.7 Å². The van der Waals surface area contributed by atoms with Gasteiger partial charge in [0, 0.05) is 23.5 Å². The van der Waals surface area contributed by atoms with Gasteiger partial charge >= 0.3 is 6.03 Å². The second-order valence-corrected chi connectivity index (χ2v) is 5.36. The van der Waals surface area contributed by atoms with Gasteiger partial charge in [-0.15, -0.1) is 0 Å². The molecule has 3 N–H and O–H groups in total. The molecule has 0 bridgehead atoms. The first-order valence-corrected chi connectivity index (χ1v) is 7.06. The molecular formula is C16H12N4OS. The number of nitrogens with zero attached hydrogens (tertiary/aromatic N) is 1. The molecule has 0 aromatic heterocycles. The number of hydrogen-bond donors (Lipinski definition) is 3. The Morgan fingerprint density at radius 1 is 1.14 bits per heavy atom. The summed E-state index contributed by atoms with van der Waals surface area (Å²) in [7, 11) is 0. The maximum absolute atomic E-state index is 12.0. The van der Waals surface area contributed by atoms with Crippen molar-refractivity contribution in [2.24, 2.45) is 0 Å². The van der Waals surface area contributed by atoms with Crippen LogP contribution in [0.1, 0.15) is 11.1 Å². The van der Waals surface area contributed by atoms with Gasteiger partial charge < -0.3 is 16.0 Å². The summed E-state index contributed by atoms with van der Waals surface area (Å²) in [6.07, 6.45) is 0.738. The highest BCUT2D eigenvalue weighted by Crippen LogP contribution is 2.26. The SMILES string of the molecule is N#Cc1ccc(NC(=O)Nc2ccc3c(c2)NC(=S)C3)cc1. The zero-order chi connectivity index (χ0) is 15.5. The normalized spacial score (nSPS) is 12.0. The third-order valence-electron chi connectivity index (χ3n) is 3.26. The number of nitriles is 1. The molecule has 108 valence electrons. The van der Waals surface area contributed by atoms with Gasteiger partial charge in [-0.3, -0.25) is 0 Å². The number of amides is 2. The van der Waals surface area contributed by atoms with E-state index >= 15 is 0 Å². The Labute approximate surface area is 133 Å². The van der Waals surface area contributed by atoms with E-state index in [1.807, 2.05) is 24.3 Å². The molecule has 0 saturated carbocycles. The number of urea groups is 1. The average Bonchev–Trinajstić information content (AvgIpc) is 2.87. The number of anilines is 3. The molecule has 2 aromatic carbocycles. The van der Waals surface area contributed by atoms with E-state index in [1.54, 1.807) is 24.3 Å². The van der Waals surface area contributed by atoms with E-state index in [9.17, 15) is 4.79 Å². The van der Waals surface area contributed by atoms with Crippen molar-refractivity contribution in [3.8, 4) is 6.07 Å². The van der Waals surface area contributed by atoms with Crippen molar-refractivity contribution in [1.29, 1.82) is 5.26 Å². The van der Waals surface area contributed by atoms with Gasteiger partial charge in [0.1, 0.15) is 0 Å². The lowest BCUT2D eigenvalue weighted by atomic mass is 10.1. The summed E-state index contributed by atoms with van der Waals surface area (Å²) >= 11 is 5.13. The van der Waals surface area contributed by atoms with Gasteiger partial charge in [0.25, 0.3) is 0 Å².